The maximum absolute atomic E-state index is 13.7. The minimum absolute atomic E-state index is 0.0522. The first-order chi connectivity index (χ1) is 18.7. The van der Waals surface area contributed by atoms with Crippen LogP contribution in [-0.2, 0) is 16.1 Å². The molecule has 1 atom stereocenters. The van der Waals surface area contributed by atoms with E-state index < -0.39 is 12.0 Å². The molecule has 0 heterocycles. The molecule has 0 aliphatic rings. The van der Waals surface area contributed by atoms with E-state index in [2.05, 4.69) is 10.6 Å². The molecule has 10 heteroatoms. The number of hydrogen-bond acceptors (Lipinski definition) is 7. The van der Waals surface area contributed by atoms with Crippen LogP contribution in [0.2, 0.25) is 0 Å². The number of nitrogens with one attached hydrogen (secondary N) is 3. The predicted octanol–water partition coefficient (Wildman–Crippen LogP) is 4.01. The molecule has 0 radical (unpaired) electrons. The number of methoxy groups -OCH3 is 2. The Morgan fingerprint density at radius 3 is 2.31 bits per heavy atom. The largest absolute Gasteiger partial charge is 0.493 e. The lowest BCUT2D eigenvalue weighted by atomic mass is 9.96. The van der Waals surface area contributed by atoms with E-state index in [1.807, 2.05) is 30.3 Å². The van der Waals surface area contributed by atoms with Gasteiger partial charge in [-0.1, -0.05) is 30.3 Å². The van der Waals surface area contributed by atoms with Crippen LogP contribution in [-0.4, -0.2) is 43.6 Å². The van der Waals surface area contributed by atoms with Crippen LogP contribution in [0.15, 0.2) is 60.7 Å². The number of rotatable bonds is 14. The maximum atomic E-state index is 13.7. The standard InChI is InChI=1S/C29H34N4O6/c1-18-25(22(39-15-7-10-24(34)35)16-23(37-2)27(18)38-3)26(29(36)32-17-19-8-5-4-6-9-19)33-21-13-11-20(12-14-21)28(30)31/h4-6,8-9,11-14,16,26,33H,7,10,15,17H2,1-3H3,(H3,30,31)(H,32,36)(H,34,35). The van der Waals surface area contributed by atoms with Crippen molar-refractivity contribution >= 4 is 23.4 Å². The summed E-state index contributed by atoms with van der Waals surface area (Å²) < 4.78 is 17.1. The number of benzene rings is 3. The van der Waals surface area contributed by atoms with Gasteiger partial charge in [0.05, 0.1) is 20.8 Å². The van der Waals surface area contributed by atoms with Gasteiger partial charge in [0, 0.05) is 41.4 Å². The van der Waals surface area contributed by atoms with E-state index in [-0.39, 0.29) is 31.2 Å². The fraction of sp³-hybridized carbons (Fsp3) is 0.276. The first kappa shape index (κ1) is 28.8. The Morgan fingerprint density at radius 2 is 1.72 bits per heavy atom. The molecule has 10 nitrogen and oxygen atoms in total. The molecule has 3 aromatic rings. The second-order valence-corrected chi connectivity index (χ2v) is 8.77. The molecule has 0 saturated carbocycles. The molecule has 3 aromatic carbocycles. The number of nitrogens with two attached hydrogens (primary N) is 1. The Kier molecular flexibility index (Phi) is 10.1. The van der Waals surface area contributed by atoms with Crippen molar-refractivity contribution in [2.45, 2.75) is 32.4 Å². The molecule has 206 valence electrons. The van der Waals surface area contributed by atoms with Crippen LogP contribution in [0.5, 0.6) is 17.2 Å². The van der Waals surface area contributed by atoms with Gasteiger partial charge in [0.2, 0.25) is 5.91 Å². The molecule has 3 rings (SSSR count). The van der Waals surface area contributed by atoms with Gasteiger partial charge >= 0.3 is 5.97 Å². The predicted molar refractivity (Wildman–Crippen MR) is 149 cm³/mol. The van der Waals surface area contributed by atoms with Gasteiger partial charge in [0.25, 0.3) is 0 Å². The van der Waals surface area contributed by atoms with Gasteiger partial charge in [-0.2, -0.15) is 0 Å². The lowest BCUT2D eigenvalue weighted by Gasteiger charge is -2.26. The molecular formula is C29H34N4O6. The molecule has 0 fully saturated rings. The van der Waals surface area contributed by atoms with Crippen molar-refractivity contribution in [3.8, 4) is 17.2 Å². The smallest absolute Gasteiger partial charge is 0.303 e. The van der Waals surface area contributed by atoms with Gasteiger partial charge in [-0.3, -0.25) is 15.0 Å². The number of amides is 1. The summed E-state index contributed by atoms with van der Waals surface area (Å²) >= 11 is 0. The fourth-order valence-corrected chi connectivity index (χ4v) is 4.11. The Morgan fingerprint density at radius 1 is 1.03 bits per heavy atom. The fourth-order valence-electron chi connectivity index (χ4n) is 4.11. The number of carbonyl (C=O) groups excluding carboxylic acids is 1. The van der Waals surface area contributed by atoms with Crippen LogP contribution in [0, 0.1) is 12.3 Å². The Bertz CT molecular complexity index is 1300. The van der Waals surface area contributed by atoms with Crippen molar-refractivity contribution in [2.24, 2.45) is 5.73 Å². The van der Waals surface area contributed by atoms with E-state index in [4.69, 9.17) is 30.5 Å². The summed E-state index contributed by atoms with van der Waals surface area (Å²) in [7, 11) is 3.02. The Hall–Kier alpha value is -4.73. The van der Waals surface area contributed by atoms with Gasteiger partial charge in [-0.15, -0.1) is 0 Å². The topological polar surface area (TPSA) is 156 Å². The maximum Gasteiger partial charge on any atom is 0.303 e. The Balaban J connectivity index is 2.04. The average molecular weight is 535 g/mol. The van der Waals surface area contributed by atoms with Gasteiger partial charge in [0.15, 0.2) is 11.5 Å². The minimum atomic E-state index is -0.925. The zero-order valence-corrected chi connectivity index (χ0v) is 22.2. The molecule has 39 heavy (non-hydrogen) atoms. The number of amidine groups is 1. The first-order valence-corrected chi connectivity index (χ1v) is 12.4. The van der Waals surface area contributed by atoms with Gasteiger partial charge in [-0.25, -0.2) is 0 Å². The molecule has 0 saturated heterocycles. The van der Waals surface area contributed by atoms with Gasteiger partial charge in [0.1, 0.15) is 17.6 Å². The molecule has 1 amide bonds. The lowest BCUT2D eigenvalue weighted by molar-refractivity contribution is -0.137. The first-order valence-electron chi connectivity index (χ1n) is 12.4. The summed E-state index contributed by atoms with van der Waals surface area (Å²) in [5.74, 6) is -0.0766. The van der Waals surface area contributed by atoms with Crippen molar-refractivity contribution < 1.29 is 28.9 Å². The number of carboxylic acid groups (broad SMARTS) is 1. The molecule has 0 aliphatic heterocycles. The molecule has 0 spiro atoms. The number of hydrogen-bond donors (Lipinski definition) is 5. The summed E-state index contributed by atoms with van der Waals surface area (Å²) in [5.41, 5.74) is 8.84. The summed E-state index contributed by atoms with van der Waals surface area (Å²) in [6.45, 7) is 2.24. The monoisotopic (exact) mass is 534 g/mol. The van der Waals surface area contributed by atoms with Crippen molar-refractivity contribution in [3.05, 3.63) is 82.9 Å². The van der Waals surface area contributed by atoms with Crippen molar-refractivity contribution in [1.82, 2.24) is 5.32 Å². The third kappa shape index (κ3) is 7.64. The lowest BCUT2D eigenvalue weighted by Crippen LogP contribution is -2.34. The van der Waals surface area contributed by atoms with Crippen LogP contribution < -0.4 is 30.6 Å². The van der Waals surface area contributed by atoms with Crippen LogP contribution in [0.1, 0.15) is 41.1 Å². The summed E-state index contributed by atoms with van der Waals surface area (Å²) in [5, 5.41) is 22.9. The van der Waals surface area contributed by atoms with E-state index in [0.29, 0.717) is 46.2 Å². The van der Waals surface area contributed by atoms with Gasteiger partial charge in [-0.05, 0) is 43.2 Å². The molecule has 6 N–H and O–H groups in total. The zero-order chi connectivity index (χ0) is 28.4. The number of anilines is 1. The highest BCUT2D eigenvalue weighted by Crippen LogP contribution is 2.43. The molecule has 0 bridgehead atoms. The summed E-state index contributed by atoms with van der Waals surface area (Å²) in [6.07, 6.45) is 0.232. The zero-order valence-electron chi connectivity index (χ0n) is 22.2. The Labute approximate surface area is 227 Å². The molecule has 0 aliphatic carbocycles. The highest BCUT2D eigenvalue weighted by atomic mass is 16.5. The normalized spacial score (nSPS) is 11.3. The second kappa shape index (κ2) is 13.7. The van der Waals surface area contributed by atoms with Crippen molar-refractivity contribution in [2.75, 3.05) is 26.1 Å². The van der Waals surface area contributed by atoms with Crippen LogP contribution in [0.25, 0.3) is 0 Å². The number of nitrogen functional groups attached to an aromatic ring is 1. The SMILES string of the molecule is COc1cc(OCCCC(=O)O)c(C(Nc2ccc(C(=N)N)cc2)C(=O)NCc2ccccc2)c(C)c1OC. The van der Waals surface area contributed by atoms with E-state index >= 15 is 0 Å². The highest BCUT2D eigenvalue weighted by Gasteiger charge is 2.30. The summed E-state index contributed by atoms with van der Waals surface area (Å²) in [6, 6.07) is 17.1. The third-order valence-corrected chi connectivity index (χ3v) is 6.08. The molecule has 1 unspecified atom stereocenters. The van der Waals surface area contributed by atoms with E-state index in [0.717, 1.165) is 5.56 Å². The number of ether oxygens (including phenoxy) is 3. The molecule has 0 aromatic heterocycles. The van der Waals surface area contributed by atoms with E-state index in [1.165, 1.54) is 14.2 Å². The van der Waals surface area contributed by atoms with Crippen molar-refractivity contribution in [3.63, 3.8) is 0 Å². The van der Waals surface area contributed by atoms with E-state index in [9.17, 15) is 9.59 Å². The minimum Gasteiger partial charge on any atom is -0.493 e. The van der Waals surface area contributed by atoms with Crippen LogP contribution in [0.4, 0.5) is 5.69 Å². The van der Waals surface area contributed by atoms with Crippen LogP contribution >= 0.6 is 0 Å². The summed E-state index contributed by atoms with van der Waals surface area (Å²) in [4.78, 5) is 24.7. The number of aliphatic carboxylic acids is 1. The van der Waals surface area contributed by atoms with E-state index in [1.54, 1.807) is 37.3 Å². The van der Waals surface area contributed by atoms with Crippen LogP contribution in [0.3, 0.4) is 0 Å². The highest BCUT2D eigenvalue weighted by molar-refractivity contribution is 5.95. The average Bonchev–Trinajstić information content (AvgIpc) is 2.93. The number of carbonyl (C=O) groups is 2. The second-order valence-electron chi connectivity index (χ2n) is 8.77. The van der Waals surface area contributed by atoms with Gasteiger partial charge < -0.3 is 35.7 Å². The van der Waals surface area contributed by atoms with Crippen molar-refractivity contribution in [1.29, 1.82) is 5.41 Å². The third-order valence-electron chi connectivity index (χ3n) is 6.08. The molecular weight excluding hydrogens is 500 g/mol. The quantitative estimate of drug-likeness (QED) is 0.118. The number of carboxylic acids is 1.